The van der Waals surface area contributed by atoms with Crippen molar-refractivity contribution in [2.24, 2.45) is 5.92 Å². The minimum Gasteiger partial charge on any atom is -0.870 e. The van der Waals surface area contributed by atoms with Gasteiger partial charge in [-0.05, 0) is 0 Å². The maximum absolute atomic E-state index is 14.4. The molecule has 0 bridgehead atoms. The zero-order valence-electron chi connectivity index (χ0n) is 18.7. The van der Waals surface area contributed by atoms with Crippen LogP contribution in [-0.4, -0.2) is 63.8 Å². The normalized spacial score (nSPS) is 25.5. The number of halogens is 5. The van der Waals surface area contributed by atoms with E-state index in [4.69, 9.17) is 21.2 Å². The van der Waals surface area contributed by atoms with Gasteiger partial charge in [0.05, 0.1) is 0 Å². The Morgan fingerprint density at radius 1 is 1.40 bits per heavy atom. The molecule has 1 fully saturated rings. The van der Waals surface area contributed by atoms with E-state index in [0.29, 0.717) is 6.07 Å². The van der Waals surface area contributed by atoms with Crippen molar-refractivity contribution in [3.63, 3.8) is 0 Å². The molecule has 0 spiro atoms. The molecule has 1 saturated heterocycles. The van der Waals surface area contributed by atoms with E-state index >= 15 is 0 Å². The Morgan fingerprint density at radius 2 is 2.00 bits per heavy atom. The van der Waals surface area contributed by atoms with E-state index in [2.05, 4.69) is 20.3 Å². The van der Waals surface area contributed by atoms with Gasteiger partial charge in [0.15, 0.2) is 0 Å². The number of methoxy groups -OCH3 is 1. The Kier molecular flexibility index (Phi) is 10.3. The van der Waals surface area contributed by atoms with Crippen LogP contribution in [0.5, 0.6) is 5.75 Å². The smallest absolute Gasteiger partial charge is 0.870 e. The number of hydrogen-bond donors (Lipinski definition) is 3. The fourth-order valence-electron chi connectivity index (χ4n) is 3.70. The number of hydrogen-bond acceptors (Lipinski definition) is 6. The largest absolute Gasteiger partial charge is 0.870 e. The summed E-state index contributed by atoms with van der Waals surface area (Å²) in [6.45, 7) is 6.67. The molecule has 1 aliphatic heterocycles. The molecule has 0 unspecified atom stereocenters. The standard InChI is InChI=1S/C22H23F5NO5.Ni.H2O/c1-5-12(6-7-13(30)10-29)28-20(31)19-16(11(2)21(3,33-19)22(25,26)27)14-8-9-15(23)17(24)18(14)32-4;;/h1,5-6,8-9,11,13,16,19,29-30H,10H2,2-4H3,(H,28,31);;1H2/q-1;;/p-1/b12-6+;;/t11-,13+,16-,19+,21+;;/m0../s1. The number of aliphatic hydroxyl groups excluding tert-OH is 2. The second kappa shape index (κ2) is 11.7. The quantitative estimate of drug-likeness (QED) is 0.197. The fraction of sp³-hybridized carbons (Fsp3) is 0.455. The number of benzene rings is 1. The summed E-state index contributed by atoms with van der Waals surface area (Å²) in [5.74, 6) is -7.29. The number of amides is 1. The van der Waals surface area contributed by atoms with Crippen LogP contribution in [0, 0.1) is 24.1 Å². The summed E-state index contributed by atoms with van der Waals surface area (Å²) in [5.41, 5.74) is -3.21. The first-order valence-corrected chi connectivity index (χ1v) is 10.3. The monoisotopic (exact) mass is 551 g/mol. The van der Waals surface area contributed by atoms with Crippen molar-refractivity contribution in [1.82, 2.24) is 5.32 Å². The van der Waals surface area contributed by atoms with Gasteiger partial charge < -0.3 is 5.48 Å². The topological polar surface area (TPSA) is 118 Å². The number of carbonyl (C=O) groups excluding carboxylic acids is 1. The number of alkyl halides is 3. The van der Waals surface area contributed by atoms with E-state index in [1.54, 1.807) is 0 Å². The number of allylic oxidation sites excluding steroid dienone is 1. The summed E-state index contributed by atoms with van der Waals surface area (Å²) < 4.78 is 79.9. The van der Waals surface area contributed by atoms with Crippen LogP contribution < -0.4 is 10.1 Å². The molecule has 0 radical (unpaired) electrons. The molecule has 1 heterocycles. The van der Waals surface area contributed by atoms with E-state index in [1.165, 1.54) is 6.92 Å². The van der Waals surface area contributed by atoms with E-state index in [0.717, 1.165) is 32.3 Å². The molecular weight excluding hydrogens is 528 g/mol. The van der Waals surface area contributed by atoms with Crippen molar-refractivity contribution in [1.29, 1.82) is 0 Å². The fourth-order valence-corrected chi connectivity index (χ4v) is 3.94. The third-order valence-corrected chi connectivity index (χ3v) is 6.24. The van der Waals surface area contributed by atoms with E-state index in [1.807, 2.05) is 0 Å². The molecule has 0 aromatic heterocycles. The molecule has 7 nitrogen and oxygen atoms in total. The SMILES string of the molecule is [CH-]=C/C(=C\[C](=[Ni])[C@@H](O)CO)NC(=O)[C@@H]1O[C@@](C)(C(F)(F)F)[C@@H](C)[C@H]1c1ccc(F)c(F)c1OC.[OH-]. The average molecular weight is 552 g/mol. The van der Waals surface area contributed by atoms with Crippen molar-refractivity contribution in [2.75, 3.05) is 13.7 Å². The van der Waals surface area contributed by atoms with Gasteiger partial charge in [-0.1, -0.05) is 0 Å². The van der Waals surface area contributed by atoms with Crippen molar-refractivity contribution in [2.45, 2.75) is 43.8 Å². The molecule has 2 rings (SSSR count). The minimum absolute atomic E-state index is 0. The number of ether oxygens (including phenoxy) is 2. The van der Waals surface area contributed by atoms with Crippen molar-refractivity contribution in [3.05, 3.63) is 53.8 Å². The number of aliphatic hydroxyl groups is 2. The van der Waals surface area contributed by atoms with Crippen LogP contribution >= 0.6 is 0 Å². The van der Waals surface area contributed by atoms with Gasteiger partial charge in [-0.25, -0.2) is 0 Å². The van der Waals surface area contributed by atoms with Gasteiger partial charge in [0.2, 0.25) is 0 Å². The summed E-state index contributed by atoms with van der Waals surface area (Å²) in [5, 5.41) is 20.8. The van der Waals surface area contributed by atoms with Gasteiger partial charge in [-0.15, -0.1) is 0 Å². The van der Waals surface area contributed by atoms with Crippen LogP contribution in [0.1, 0.15) is 25.3 Å². The molecule has 4 N–H and O–H groups in total. The van der Waals surface area contributed by atoms with Gasteiger partial charge in [-0.2, -0.15) is 0 Å². The maximum Gasteiger partial charge on any atom is -0.870 e. The predicted octanol–water partition coefficient (Wildman–Crippen LogP) is 2.30. The second-order valence-corrected chi connectivity index (χ2v) is 8.31. The predicted molar refractivity (Wildman–Crippen MR) is 109 cm³/mol. The summed E-state index contributed by atoms with van der Waals surface area (Å²) in [6.07, 6.45) is -6.26. The summed E-state index contributed by atoms with van der Waals surface area (Å²) in [4.78, 5) is 13.1. The Bertz CT molecular complexity index is 1000. The molecule has 35 heavy (non-hydrogen) atoms. The molecule has 1 aromatic carbocycles. The molecule has 5 atom stereocenters. The third-order valence-electron chi connectivity index (χ3n) is 5.77. The van der Waals surface area contributed by atoms with Gasteiger partial charge in [0.1, 0.15) is 0 Å². The Hall–Kier alpha value is -2.18. The zero-order chi connectivity index (χ0) is 26.0. The van der Waals surface area contributed by atoms with Crippen LogP contribution in [0.15, 0.2) is 30.0 Å². The first-order valence-electron chi connectivity index (χ1n) is 9.85. The Balaban J connectivity index is 0.00000612. The van der Waals surface area contributed by atoms with Crippen LogP contribution in [0.2, 0.25) is 0 Å². The molecule has 1 amide bonds. The van der Waals surface area contributed by atoms with E-state index < -0.39 is 65.7 Å². The third kappa shape index (κ3) is 5.98. The minimum atomic E-state index is -4.92. The van der Waals surface area contributed by atoms with Gasteiger partial charge >= 0.3 is 200 Å². The molecular formula is C22H24F5NNiO6-2. The zero-order valence-corrected chi connectivity index (χ0v) is 19.7. The maximum atomic E-state index is 14.4. The number of nitrogens with one attached hydrogen (secondary N) is 1. The summed E-state index contributed by atoms with van der Waals surface area (Å²) >= 11 is 4.54. The Morgan fingerprint density at radius 3 is 2.49 bits per heavy atom. The molecule has 200 valence electrons. The average Bonchev–Trinajstić information content (AvgIpc) is 3.06. The number of rotatable bonds is 8. The Labute approximate surface area is 205 Å². The van der Waals surface area contributed by atoms with Crippen LogP contribution in [0.3, 0.4) is 0 Å². The van der Waals surface area contributed by atoms with Gasteiger partial charge in [0.25, 0.3) is 0 Å². The van der Waals surface area contributed by atoms with Crippen molar-refractivity contribution < 1.29 is 66.9 Å². The number of carbonyl (C=O) groups is 1. The first-order chi connectivity index (χ1) is 15.7. The molecule has 1 aromatic rings. The van der Waals surface area contributed by atoms with Gasteiger partial charge in [0, 0.05) is 0 Å². The first kappa shape index (κ1) is 30.9. The molecule has 0 saturated carbocycles. The van der Waals surface area contributed by atoms with Gasteiger partial charge in [-0.3, -0.25) is 0 Å². The van der Waals surface area contributed by atoms with E-state index in [9.17, 15) is 31.9 Å². The van der Waals surface area contributed by atoms with Crippen molar-refractivity contribution >= 4 is 10.4 Å². The molecule has 0 aliphatic carbocycles. The van der Waals surface area contributed by atoms with E-state index in [-0.39, 0.29) is 21.2 Å². The summed E-state index contributed by atoms with van der Waals surface area (Å²) in [7, 11) is 1.01. The summed E-state index contributed by atoms with van der Waals surface area (Å²) in [6, 6.07) is 1.75. The van der Waals surface area contributed by atoms with Crippen LogP contribution in [0.25, 0.3) is 0 Å². The molecule has 1 aliphatic rings. The van der Waals surface area contributed by atoms with Crippen LogP contribution in [-0.2, 0) is 24.6 Å². The second-order valence-electron chi connectivity index (χ2n) is 7.74. The van der Waals surface area contributed by atoms with Crippen molar-refractivity contribution in [3.8, 4) is 5.75 Å². The van der Waals surface area contributed by atoms with Crippen LogP contribution in [0.4, 0.5) is 22.0 Å². The molecule has 13 heteroatoms.